The van der Waals surface area contributed by atoms with Crippen LogP contribution in [0.3, 0.4) is 0 Å². The Hall–Kier alpha value is -1.97. The Morgan fingerprint density at radius 3 is 2.74 bits per heavy atom. The minimum atomic E-state index is -0.574. The van der Waals surface area contributed by atoms with Gasteiger partial charge in [0.15, 0.2) is 0 Å². The van der Waals surface area contributed by atoms with Gasteiger partial charge in [-0.25, -0.2) is 4.79 Å². The molecule has 23 heavy (non-hydrogen) atoms. The third-order valence-electron chi connectivity index (χ3n) is 2.70. The summed E-state index contributed by atoms with van der Waals surface area (Å²) in [5.74, 6) is 0.302. The number of alkyl carbamates (subject to hydrolysis) is 1. The molecule has 0 aliphatic heterocycles. The van der Waals surface area contributed by atoms with E-state index in [-0.39, 0.29) is 13.2 Å². The van der Waals surface area contributed by atoms with Crippen molar-refractivity contribution in [1.29, 1.82) is 5.26 Å². The molecule has 126 valence electrons. The molecule has 7 heteroatoms. The van der Waals surface area contributed by atoms with E-state index >= 15 is 0 Å². The second kappa shape index (κ2) is 8.61. The predicted molar refractivity (Wildman–Crippen MR) is 86.5 cm³/mol. The molecular formula is C16H21ClN2O4. The summed E-state index contributed by atoms with van der Waals surface area (Å²) in [4.78, 5) is 11.5. The molecule has 0 fully saturated rings. The number of aliphatic hydroxyl groups is 1. The molecule has 2 N–H and O–H groups in total. The maximum absolute atomic E-state index is 11.5. The van der Waals surface area contributed by atoms with Crippen LogP contribution in [0.2, 0.25) is 5.02 Å². The van der Waals surface area contributed by atoms with Gasteiger partial charge < -0.3 is 19.9 Å². The van der Waals surface area contributed by atoms with E-state index in [4.69, 9.17) is 26.3 Å². The van der Waals surface area contributed by atoms with Gasteiger partial charge in [-0.05, 0) is 32.9 Å². The van der Waals surface area contributed by atoms with Gasteiger partial charge in [0.25, 0.3) is 0 Å². The minimum Gasteiger partial charge on any atom is -0.487 e. The summed E-state index contributed by atoms with van der Waals surface area (Å²) in [6, 6.07) is 6.65. The third kappa shape index (κ3) is 7.22. The van der Waals surface area contributed by atoms with Crippen LogP contribution < -0.4 is 10.1 Å². The maximum Gasteiger partial charge on any atom is 0.407 e. The van der Waals surface area contributed by atoms with Crippen molar-refractivity contribution in [3.8, 4) is 11.8 Å². The van der Waals surface area contributed by atoms with Crippen molar-refractivity contribution < 1.29 is 19.4 Å². The first-order valence-electron chi connectivity index (χ1n) is 7.19. The van der Waals surface area contributed by atoms with Crippen LogP contribution in [0.15, 0.2) is 18.2 Å². The molecule has 0 saturated heterocycles. The first-order chi connectivity index (χ1) is 10.7. The van der Waals surface area contributed by atoms with E-state index in [0.717, 1.165) is 0 Å². The van der Waals surface area contributed by atoms with Gasteiger partial charge in [-0.2, -0.15) is 5.26 Å². The molecule has 1 atom stereocenters. The van der Waals surface area contributed by atoms with Crippen LogP contribution in [-0.2, 0) is 4.74 Å². The lowest BCUT2D eigenvalue weighted by Crippen LogP contribution is -2.35. The maximum atomic E-state index is 11.5. The quantitative estimate of drug-likeness (QED) is 0.830. The number of nitrogens with zero attached hydrogens (tertiary/aromatic N) is 1. The number of nitrogens with one attached hydrogen (secondary N) is 1. The third-order valence-corrected chi connectivity index (χ3v) is 2.93. The van der Waals surface area contributed by atoms with E-state index in [0.29, 0.717) is 22.8 Å². The number of hydrogen-bond donors (Lipinski definition) is 2. The van der Waals surface area contributed by atoms with E-state index in [1.54, 1.807) is 32.9 Å². The molecule has 0 saturated carbocycles. The summed E-state index contributed by atoms with van der Waals surface area (Å²) < 4.78 is 10.7. The van der Waals surface area contributed by atoms with E-state index in [1.807, 2.05) is 6.07 Å². The number of hydrogen-bond acceptors (Lipinski definition) is 5. The summed E-state index contributed by atoms with van der Waals surface area (Å²) in [5.41, 5.74) is -0.243. The average molecular weight is 341 g/mol. The van der Waals surface area contributed by atoms with Crippen molar-refractivity contribution >= 4 is 17.7 Å². The van der Waals surface area contributed by atoms with Crippen LogP contribution in [0.1, 0.15) is 32.8 Å². The molecule has 0 spiro atoms. The highest BCUT2D eigenvalue weighted by atomic mass is 35.5. The SMILES string of the molecule is CC(C)(C)OC(=O)NCC[C@H](CO)Oc1cc(Cl)ccc1C#N. The Bertz CT molecular complexity index is 578. The van der Waals surface area contributed by atoms with Crippen molar-refractivity contribution in [3.05, 3.63) is 28.8 Å². The Labute approximate surface area is 141 Å². The molecule has 0 aliphatic carbocycles. The minimum absolute atomic E-state index is 0.257. The van der Waals surface area contributed by atoms with Crippen LogP contribution in [0, 0.1) is 11.3 Å². The van der Waals surface area contributed by atoms with Crippen molar-refractivity contribution in [3.63, 3.8) is 0 Å². The molecule has 1 aromatic carbocycles. The summed E-state index contributed by atoms with van der Waals surface area (Å²) >= 11 is 5.88. The molecular weight excluding hydrogens is 320 g/mol. The smallest absolute Gasteiger partial charge is 0.407 e. The molecule has 0 aliphatic rings. The standard InChI is InChI=1S/C16H21ClN2O4/c1-16(2,3)23-15(21)19-7-6-13(10-20)22-14-8-12(17)5-4-11(14)9-18/h4-5,8,13,20H,6-7,10H2,1-3H3,(H,19,21)/t13-/m1/s1. The largest absolute Gasteiger partial charge is 0.487 e. The van der Waals surface area contributed by atoms with Gasteiger partial charge >= 0.3 is 6.09 Å². The topological polar surface area (TPSA) is 91.6 Å². The van der Waals surface area contributed by atoms with Crippen molar-refractivity contribution in [2.45, 2.75) is 38.9 Å². The monoisotopic (exact) mass is 340 g/mol. The highest BCUT2D eigenvalue weighted by Crippen LogP contribution is 2.24. The average Bonchev–Trinajstić information content (AvgIpc) is 2.44. The molecule has 6 nitrogen and oxygen atoms in total. The Morgan fingerprint density at radius 2 is 2.17 bits per heavy atom. The number of carbonyl (C=O) groups excluding carboxylic acids is 1. The fraction of sp³-hybridized carbons (Fsp3) is 0.500. The molecule has 1 amide bonds. The van der Waals surface area contributed by atoms with E-state index in [9.17, 15) is 9.90 Å². The Morgan fingerprint density at radius 1 is 1.48 bits per heavy atom. The molecule has 0 heterocycles. The fourth-order valence-corrected chi connectivity index (χ4v) is 1.86. The Kier molecular flexibility index (Phi) is 7.14. The summed E-state index contributed by atoms with van der Waals surface area (Å²) in [5, 5.41) is 21.4. The predicted octanol–water partition coefficient (Wildman–Crippen LogP) is 2.87. The van der Waals surface area contributed by atoms with Gasteiger partial charge in [-0.3, -0.25) is 0 Å². The molecule has 0 bridgehead atoms. The fourth-order valence-electron chi connectivity index (χ4n) is 1.70. The van der Waals surface area contributed by atoms with Crippen LogP contribution in [-0.4, -0.2) is 36.1 Å². The zero-order chi connectivity index (χ0) is 17.5. The molecule has 1 aromatic rings. The van der Waals surface area contributed by atoms with Crippen molar-refractivity contribution in [2.75, 3.05) is 13.2 Å². The lowest BCUT2D eigenvalue weighted by molar-refractivity contribution is 0.0511. The number of carbonyl (C=O) groups is 1. The second-order valence-corrected chi connectivity index (χ2v) is 6.33. The zero-order valence-electron chi connectivity index (χ0n) is 13.4. The van der Waals surface area contributed by atoms with E-state index in [2.05, 4.69) is 5.32 Å². The molecule has 1 rings (SSSR count). The van der Waals surface area contributed by atoms with Gasteiger partial charge in [-0.1, -0.05) is 11.6 Å². The number of aliphatic hydroxyl groups excluding tert-OH is 1. The van der Waals surface area contributed by atoms with E-state index in [1.165, 1.54) is 6.07 Å². The number of benzene rings is 1. The summed E-state index contributed by atoms with van der Waals surface area (Å²) in [6.45, 7) is 5.33. The lowest BCUT2D eigenvalue weighted by atomic mass is 10.2. The number of ether oxygens (including phenoxy) is 2. The van der Waals surface area contributed by atoms with Crippen LogP contribution >= 0.6 is 11.6 Å². The van der Waals surface area contributed by atoms with Crippen LogP contribution in [0.5, 0.6) is 5.75 Å². The highest BCUT2D eigenvalue weighted by molar-refractivity contribution is 6.30. The van der Waals surface area contributed by atoms with Crippen molar-refractivity contribution in [1.82, 2.24) is 5.32 Å². The van der Waals surface area contributed by atoms with E-state index < -0.39 is 17.8 Å². The van der Waals surface area contributed by atoms with Crippen LogP contribution in [0.4, 0.5) is 4.79 Å². The van der Waals surface area contributed by atoms with Gasteiger partial charge in [0.05, 0.1) is 12.2 Å². The van der Waals surface area contributed by atoms with Gasteiger partial charge in [0, 0.05) is 24.1 Å². The van der Waals surface area contributed by atoms with Gasteiger partial charge in [0.1, 0.15) is 23.5 Å². The van der Waals surface area contributed by atoms with Crippen LogP contribution in [0.25, 0.3) is 0 Å². The van der Waals surface area contributed by atoms with Gasteiger partial charge in [0.2, 0.25) is 0 Å². The number of nitriles is 1. The first-order valence-corrected chi connectivity index (χ1v) is 7.57. The molecule has 0 unspecified atom stereocenters. The molecule has 0 aromatic heterocycles. The first kappa shape index (κ1) is 19.1. The Balaban J connectivity index is 2.54. The van der Waals surface area contributed by atoms with Crippen molar-refractivity contribution in [2.24, 2.45) is 0 Å². The highest BCUT2D eigenvalue weighted by Gasteiger charge is 2.17. The number of rotatable bonds is 6. The summed E-state index contributed by atoms with van der Waals surface area (Å²) in [6.07, 6.45) is -0.752. The zero-order valence-corrected chi connectivity index (χ0v) is 14.2. The second-order valence-electron chi connectivity index (χ2n) is 5.89. The lowest BCUT2D eigenvalue weighted by Gasteiger charge is -2.21. The normalized spacial score (nSPS) is 12.2. The summed E-state index contributed by atoms with van der Waals surface area (Å²) in [7, 11) is 0. The van der Waals surface area contributed by atoms with Gasteiger partial charge in [-0.15, -0.1) is 0 Å². The number of halogens is 1. The number of amides is 1. The molecule has 0 radical (unpaired) electrons.